The van der Waals surface area contributed by atoms with E-state index in [2.05, 4.69) is 46.6 Å². The van der Waals surface area contributed by atoms with Crippen LogP contribution >= 0.6 is 0 Å². The zero-order valence-corrected chi connectivity index (χ0v) is 16.8. The molecule has 0 unspecified atom stereocenters. The van der Waals surface area contributed by atoms with Gasteiger partial charge in [-0.1, -0.05) is 60.7 Å². The fourth-order valence-electron chi connectivity index (χ4n) is 5.59. The van der Waals surface area contributed by atoms with Crippen molar-refractivity contribution in [1.29, 1.82) is 0 Å². The summed E-state index contributed by atoms with van der Waals surface area (Å²) in [6, 6.07) is 20.8. The van der Waals surface area contributed by atoms with Crippen molar-refractivity contribution in [2.24, 2.45) is 5.41 Å². The Morgan fingerprint density at radius 1 is 0.897 bits per heavy atom. The number of likely N-dealkylation sites (tertiary alicyclic amines) is 1. The maximum atomic E-state index is 13.4. The van der Waals surface area contributed by atoms with Crippen LogP contribution in [0.2, 0.25) is 0 Å². The molecule has 4 heteroatoms. The molecule has 0 radical (unpaired) electrons. The van der Waals surface area contributed by atoms with Gasteiger partial charge in [-0.25, -0.2) is 0 Å². The van der Waals surface area contributed by atoms with Crippen LogP contribution in [0.5, 0.6) is 0 Å². The highest BCUT2D eigenvalue weighted by atomic mass is 16.2. The van der Waals surface area contributed by atoms with Gasteiger partial charge in [0, 0.05) is 32.0 Å². The minimum Gasteiger partial charge on any atom is -0.355 e. The molecule has 2 heterocycles. The van der Waals surface area contributed by atoms with Gasteiger partial charge < -0.3 is 10.2 Å². The number of benzene rings is 2. The summed E-state index contributed by atoms with van der Waals surface area (Å²) in [6.45, 7) is 2.21. The molecular formula is C25H28N2O2. The molecule has 2 aliphatic heterocycles. The number of nitrogens with zero attached hydrogens (tertiary/aromatic N) is 1. The van der Waals surface area contributed by atoms with Crippen molar-refractivity contribution in [2.75, 3.05) is 19.6 Å². The Kier molecular flexibility index (Phi) is 4.45. The Morgan fingerprint density at radius 3 is 2.14 bits per heavy atom. The first-order valence-electron chi connectivity index (χ1n) is 10.8. The molecule has 1 saturated carbocycles. The van der Waals surface area contributed by atoms with E-state index in [1.807, 2.05) is 24.3 Å². The van der Waals surface area contributed by atoms with Crippen LogP contribution in [0.1, 0.15) is 49.1 Å². The van der Waals surface area contributed by atoms with E-state index in [1.54, 1.807) is 0 Å². The summed E-state index contributed by atoms with van der Waals surface area (Å²) in [5, 5.41) is 3.07. The topological polar surface area (TPSA) is 49.4 Å². The average Bonchev–Trinajstić information content (AvgIpc) is 3.57. The number of nitrogens with one attached hydrogen (secondary N) is 1. The third-order valence-corrected chi connectivity index (χ3v) is 7.49. The van der Waals surface area contributed by atoms with Crippen molar-refractivity contribution >= 4 is 11.8 Å². The fraction of sp³-hybridized carbons (Fsp3) is 0.440. The Morgan fingerprint density at radius 2 is 1.52 bits per heavy atom. The first-order valence-corrected chi connectivity index (χ1v) is 10.8. The Hall–Kier alpha value is -2.62. The van der Waals surface area contributed by atoms with Crippen molar-refractivity contribution in [2.45, 2.75) is 43.4 Å². The number of carbonyl (C=O) groups is 2. The van der Waals surface area contributed by atoms with E-state index in [9.17, 15) is 9.59 Å². The minimum atomic E-state index is -0.297. The number of rotatable bonds is 3. The van der Waals surface area contributed by atoms with E-state index in [0.29, 0.717) is 18.9 Å². The third-order valence-electron chi connectivity index (χ3n) is 7.49. The monoisotopic (exact) mass is 388 g/mol. The van der Waals surface area contributed by atoms with Crippen LogP contribution in [0.4, 0.5) is 0 Å². The molecule has 0 bridgehead atoms. The van der Waals surface area contributed by atoms with Gasteiger partial charge in [-0.2, -0.15) is 0 Å². The molecule has 0 aromatic heterocycles. The number of carbonyl (C=O) groups excluding carboxylic acids is 2. The first kappa shape index (κ1) is 18.4. The normalized spacial score (nSPS) is 24.8. The SMILES string of the molecule is O=C1CC2(CCN(C(=O)C3(c4ccccc4)CC3)CC2)[C@H](c2ccccc2)CN1. The van der Waals surface area contributed by atoms with E-state index >= 15 is 0 Å². The molecule has 3 aliphatic rings. The van der Waals surface area contributed by atoms with Gasteiger partial charge in [0.25, 0.3) is 0 Å². The number of piperidine rings is 2. The van der Waals surface area contributed by atoms with E-state index < -0.39 is 0 Å². The lowest BCUT2D eigenvalue weighted by molar-refractivity contribution is -0.138. The molecule has 1 spiro atoms. The second-order valence-electron chi connectivity index (χ2n) is 9.05. The lowest BCUT2D eigenvalue weighted by atomic mass is 9.62. The summed E-state index contributed by atoms with van der Waals surface area (Å²) < 4.78 is 0. The lowest BCUT2D eigenvalue weighted by Gasteiger charge is -2.49. The van der Waals surface area contributed by atoms with Crippen molar-refractivity contribution in [1.82, 2.24) is 10.2 Å². The minimum absolute atomic E-state index is 0.0378. The standard InChI is InChI=1S/C25H28N2O2/c28-22-17-24(21(18-26-22)19-7-3-1-4-8-19)13-15-27(16-14-24)23(29)25(11-12-25)20-9-5-2-6-10-20/h1-10,21H,11-18H2,(H,26,28)/t21-/m0/s1. The van der Waals surface area contributed by atoms with Crippen LogP contribution in [0.3, 0.4) is 0 Å². The molecule has 1 atom stereocenters. The van der Waals surface area contributed by atoms with Crippen LogP contribution in [0.25, 0.3) is 0 Å². The van der Waals surface area contributed by atoms with Crippen LogP contribution < -0.4 is 5.32 Å². The number of hydrogen-bond donors (Lipinski definition) is 1. The van der Waals surface area contributed by atoms with E-state index in [0.717, 1.165) is 44.3 Å². The molecule has 1 aliphatic carbocycles. The molecule has 2 saturated heterocycles. The molecule has 150 valence electrons. The first-order chi connectivity index (χ1) is 14.1. The summed E-state index contributed by atoms with van der Waals surface area (Å²) >= 11 is 0. The van der Waals surface area contributed by atoms with Crippen molar-refractivity contribution in [3.63, 3.8) is 0 Å². The van der Waals surface area contributed by atoms with Gasteiger partial charge in [0.15, 0.2) is 0 Å². The van der Waals surface area contributed by atoms with E-state index in [1.165, 1.54) is 5.56 Å². The highest BCUT2D eigenvalue weighted by Crippen LogP contribution is 2.52. The molecule has 1 N–H and O–H groups in total. The highest BCUT2D eigenvalue weighted by Gasteiger charge is 2.54. The molecule has 2 amide bonds. The third kappa shape index (κ3) is 3.15. The second-order valence-corrected chi connectivity index (χ2v) is 9.05. The quantitative estimate of drug-likeness (QED) is 0.873. The highest BCUT2D eigenvalue weighted by molar-refractivity contribution is 5.91. The summed E-state index contributed by atoms with van der Waals surface area (Å²) in [7, 11) is 0. The number of hydrogen-bond acceptors (Lipinski definition) is 2. The maximum Gasteiger partial charge on any atom is 0.233 e. The van der Waals surface area contributed by atoms with Gasteiger partial charge in [-0.3, -0.25) is 9.59 Å². The molecular weight excluding hydrogens is 360 g/mol. The van der Waals surface area contributed by atoms with Crippen LogP contribution in [-0.4, -0.2) is 36.3 Å². The zero-order valence-electron chi connectivity index (χ0n) is 16.8. The smallest absolute Gasteiger partial charge is 0.233 e. The van der Waals surface area contributed by atoms with Crippen molar-refractivity contribution in [3.05, 3.63) is 71.8 Å². The van der Waals surface area contributed by atoms with E-state index in [4.69, 9.17) is 0 Å². The molecule has 5 rings (SSSR count). The van der Waals surface area contributed by atoms with Gasteiger partial charge in [0.2, 0.25) is 11.8 Å². The fourth-order valence-corrected chi connectivity index (χ4v) is 5.59. The van der Waals surface area contributed by atoms with Gasteiger partial charge in [-0.15, -0.1) is 0 Å². The molecule has 2 aromatic carbocycles. The average molecular weight is 389 g/mol. The Balaban J connectivity index is 1.35. The predicted molar refractivity (Wildman–Crippen MR) is 112 cm³/mol. The van der Waals surface area contributed by atoms with Crippen molar-refractivity contribution in [3.8, 4) is 0 Å². The summed E-state index contributed by atoms with van der Waals surface area (Å²) in [6.07, 6.45) is 4.27. The zero-order chi connectivity index (χ0) is 19.9. The van der Waals surface area contributed by atoms with Crippen LogP contribution in [-0.2, 0) is 15.0 Å². The van der Waals surface area contributed by atoms with Gasteiger partial charge in [-0.05, 0) is 42.2 Å². The maximum absolute atomic E-state index is 13.4. The summed E-state index contributed by atoms with van der Waals surface area (Å²) in [4.78, 5) is 27.8. The van der Waals surface area contributed by atoms with Crippen LogP contribution in [0, 0.1) is 5.41 Å². The summed E-state index contributed by atoms with van der Waals surface area (Å²) in [5.41, 5.74) is 2.12. The van der Waals surface area contributed by atoms with Gasteiger partial charge >= 0.3 is 0 Å². The van der Waals surface area contributed by atoms with Gasteiger partial charge in [0.05, 0.1) is 5.41 Å². The molecule has 3 fully saturated rings. The lowest BCUT2D eigenvalue weighted by Crippen LogP contribution is -2.54. The van der Waals surface area contributed by atoms with Crippen molar-refractivity contribution < 1.29 is 9.59 Å². The molecule has 29 heavy (non-hydrogen) atoms. The Bertz CT molecular complexity index is 897. The molecule has 4 nitrogen and oxygen atoms in total. The van der Waals surface area contributed by atoms with Crippen LogP contribution in [0.15, 0.2) is 60.7 Å². The number of amides is 2. The van der Waals surface area contributed by atoms with Gasteiger partial charge in [0.1, 0.15) is 0 Å². The molecule has 2 aromatic rings. The Labute approximate surface area is 172 Å². The predicted octanol–water partition coefficient (Wildman–Crippen LogP) is 3.63. The second kappa shape index (κ2) is 7.01. The summed E-state index contributed by atoms with van der Waals surface area (Å²) in [5.74, 6) is 0.762. The largest absolute Gasteiger partial charge is 0.355 e. The van der Waals surface area contributed by atoms with E-state index in [-0.39, 0.29) is 22.6 Å².